The number of aryl methyl sites for hydroxylation is 1. The lowest BCUT2D eigenvalue weighted by Gasteiger charge is -2.43. The quantitative estimate of drug-likeness (QED) is 0.154. The molecule has 0 saturated heterocycles. The van der Waals surface area contributed by atoms with E-state index in [4.69, 9.17) is 4.98 Å². The Morgan fingerprint density at radius 3 is 1.24 bits per heavy atom. The lowest BCUT2D eigenvalue weighted by Crippen LogP contribution is -2.31. The number of benzene rings is 3. The van der Waals surface area contributed by atoms with Crippen molar-refractivity contribution in [3.8, 4) is 11.3 Å². The van der Waals surface area contributed by atoms with E-state index in [1.54, 1.807) is 0 Å². The number of anilines is 9. The Kier molecular flexibility index (Phi) is 8.55. The van der Waals surface area contributed by atoms with Gasteiger partial charge in [0.2, 0.25) is 0 Å². The van der Waals surface area contributed by atoms with Crippen LogP contribution in [0.15, 0.2) is 177 Å². The second-order valence-corrected chi connectivity index (χ2v) is 14.0. The smallest absolute Gasteiger partial charge is 0.0706 e. The third kappa shape index (κ3) is 6.13. The first-order valence-corrected chi connectivity index (χ1v) is 18.3. The van der Waals surface area contributed by atoms with Gasteiger partial charge in [-0.15, -0.1) is 0 Å². The zero-order valence-electron chi connectivity index (χ0n) is 30.8. The van der Waals surface area contributed by atoms with Crippen LogP contribution in [-0.4, -0.2) is 24.9 Å². The van der Waals surface area contributed by atoms with E-state index >= 15 is 0 Å². The van der Waals surface area contributed by atoms with Crippen LogP contribution in [0.5, 0.6) is 0 Å². The summed E-state index contributed by atoms with van der Waals surface area (Å²) in [5.41, 5.74) is 14.3. The number of rotatable bonds is 8. The fourth-order valence-corrected chi connectivity index (χ4v) is 7.68. The summed E-state index contributed by atoms with van der Waals surface area (Å²) in [6, 6.07) is 44.6. The van der Waals surface area contributed by atoms with Gasteiger partial charge >= 0.3 is 0 Å². The molecule has 3 aromatic carbocycles. The summed E-state index contributed by atoms with van der Waals surface area (Å²) in [6.07, 6.45) is 14.6. The van der Waals surface area contributed by atoms with Gasteiger partial charge in [-0.25, -0.2) is 0 Å². The summed E-state index contributed by atoms with van der Waals surface area (Å²) in [5.74, 6) is 0. The van der Waals surface area contributed by atoms with Crippen LogP contribution in [0.4, 0.5) is 51.2 Å². The largest absolute Gasteiger partial charge is 0.310 e. The molecule has 0 saturated carbocycles. The molecule has 0 unspecified atom stereocenters. The van der Waals surface area contributed by atoms with Crippen LogP contribution in [0.3, 0.4) is 0 Å². The average molecular weight is 715 g/mol. The van der Waals surface area contributed by atoms with Gasteiger partial charge in [0.1, 0.15) is 0 Å². The fourth-order valence-electron chi connectivity index (χ4n) is 7.68. The second-order valence-electron chi connectivity index (χ2n) is 14.0. The Bertz CT molecular complexity index is 2370. The molecule has 9 rings (SSSR count). The highest BCUT2D eigenvalue weighted by Gasteiger charge is 2.39. The van der Waals surface area contributed by atoms with Gasteiger partial charge in [0, 0.05) is 94.7 Å². The molecule has 0 spiro atoms. The highest BCUT2D eigenvalue weighted by Crippen LogP contribution is 2.55. The molecule has 6 heterocycles. The van der Waals surface area contributed by atoms with Crippen LogP contribution in [-0.2, 0) is 5.41 Å². The summed E-state index contributed by atoms with van der Waals surface area (Å²) in [6.45, 7) is 6.75. The molecule has 8 heteroatoms. The van der Waals surface area contributed by atoms with Gasteiger partial charge in [0.15, 0.2) is 0 Å². The van der Waals surface area contributed by atoms with Crippen molar-refractivity contribution >= 4 is 51.2 Å². The topological polar surface area (TPSA) is 74.2 Å². The van der Waals surface area contributed by atoms with E-state index in [2.05, 4.69) is 128 Å². The molecule has 5 aromatic heterocycles. The van der Waals surface area contributed by atoms with Gasteiger partial charge < -0.3 is 14.7 Å². The number of nitrogens with zero attached hydrogens (tertiary/aromatic N) is 8. The van der Waals surface area contributed by atoms with Crippen molar-refractivity contribution in [3.63, 3.8) is 0 Å². The van der Waals surface area contributed by atoms with Gasteiger partial charge in [-0.3, -0.25) is 24.9 Å². The lowest BCUT2D eigenvalue weighted by molar-refractivity contribution is 0.632. The molecule has 0 fully saturated rings. The Hall–Kier alpha value is -7.19. The number of fused-ring (bicyclic) bond motifs is 2. The summed E-state index contributed by atoms with van der Waals surface area (Å²) < 4.78 is 0. The monoisotopic (exact) mass is 714 g/mol. The Morgan fingerprint density at radius 2 is 0.836 bits per heavy atom. The molecule has 0 N–H and O–H groups in total. The number of hydrogen-bond acceptors (Lipinski definition) is 8. The van der Waals surface area contributed by atoms with Crippen molar-refractivity contribution in [2.24, 2.45) is 0 Å². The SMILES string of the molecule is Cc1nc(-c2ccccc2)ccc1N1c2ccc(N(c3ccncc3)c3ccncc3)cc2C(C)(C)c2cc(N(c3ccncc3)c3ccncc3)ccc21. The maximum absolute atomic E-state index is 5.17. The molecule has 0 aliphatic carbocycles. The zero-order valence-corrected chi connectivity index (χ0v) is 30.8. The third-order valence-electron chi connectivity index (χ3n) is 10.4. The van der Waals surface area contributed by atoms with Gasteiger partial charge in [-0.1, -0.05) is 44.2 Å². The molecule has 266 valence electrons. The molecular weight excluding hydrogens is 677 g/mol. The van der Waals surface area contributed by atoms with Crippen LogP contribution in [0.2, 0.25) is 0 Å². The van der Waals surface area contributed by atoms with Gasteiger partial charge in [-0.2, -0.15) is 0 Å². The predicted molar refractivity (Wildman–Crippen MR) is 222 cm³/mol. The zero-order chi connectivity index (χ0) is 37.4. The van der Waals surface area contributed by atoms with E-state index in [1.807, 2.05) is 104 Å². The average Bonchev–Trinajstić information content (AvgIpc) is 3.24. The van der Waals surface area contributed by atoms with Crippen LogP contribution >= 0.6 is 0 Å². The standard InChI is InChI=1S/C47H38N8/c1-33-44(14-11-43(52-33)34-7-5-4-6-8-34)55-45-12-9-39(53(35-15-23-48-24-16-35)36-17-25-49-26-18-36)31-41(45)47(2,3)42-32-40(10-13-46(42)55)54(37-19-27-50-28-20-37)38-21-29-51-30-22-38/h4-32H,1-3H3. The van der Waals surface area contributed by atoms with Crippen LogP contribution in [0.25, 0.3) is 11.3 Å². The van der Waals surface area contributed by atoms with Crippen molar-refractivity contribution in [3.05, 3.63) is 194 Å². The number of hydrogen-bond donors (Lipinski definition) is 0. The molecule has 8 nitrogen and oxygen atoms in total. The molecule has 0 amide bonds. The van der Waals surface area contributed by atoms with E-state index in [0.29, 0.717) is 0 Å². The van der Waals surface area contributed by atoms with Crippen molar-refractivity contribution in [1.82, 2.24) is 24.9 Å². The Labute approximate surface area is 321 Å². The maximum atomic E-state index is 5.17. The molecule has 55 heavy (non-hydrogen) atoms. The molecule has 0 radical (unpaired) electrons. The first-order chi connectivity index (χ1) is 27.0. The van der Waals surface area contributed by atoms with Crippen LogP contribution in [0.1, 0.15) is 30.7 Å². The van der Waals surface area contributed by atoms with Gasteiger partial charge in [-0.05, 0) is 115 Å². The van der Waals surface area contributed by atoms with Crippen molar-refractivity contribution < 1.29 is 0 Å². The molecule has 1 aliphatic heterocycles. The number of aromatic nitrogens is 5. The molecule has 0 atom stereocenters. The third-order valence-corrected chi connectivity index (χ3v) is 10.4. The Balaban J connectivity index is 1.26. The Morgan fingerprint density at radius 1 is 0.436 bits per heavy atom. The normalized spacial score (nSPS) is 12.7. The van der Waals surface area contributed by atoms with E-state index < -0.39 is 5.41 Å². The summed E-state index contributed by atoms with van der Waals surface area (Å²) in [5, 5.41) is 0. The van der Waals surface area contributed by atoms with E-state index in [9.17, 15) is 0 Å². The minimum atomic E-state index is -0.414. The molecule has 0 bridgehead atoms. The lowest BCUT2D eigenvalue weighted by atomic mass is 9.73. The molecular formula is C47H38N8. The molecule has 8 aromatic rings. The van der Waals surface area contributed by atoms with E-state index in [-0.39, 0.29) is 0 Å². The predicted octanol–water partition coefficient (Wildman–Crippen LogP) is 11.7. The van der Waals surface area contributed by atoms with Crippen LogP contribution in [0, 0.1) is 6.92 Å². The van der Waals surface area contributed by atoms with Crippen molar-refractivity contribution in [2.75, 3.05) is 14.7 Å². The van der Waals surface area contributed by atoms with Crippen LogP contribution < -0.4 is 14.7 Å². The number of pyridine rings is 5. The van der Waals surface area contributed by atoms with E-state index in [1.165, 1.54) is 11.1 Å². The minimum absolute atomic E-state index is 0.414. The summed E-state index contributed by atoms with van der Waals surface area (Å²) in [4.78, 5) is 29.3. The first-order valence-electron chi connectivity index (χ1n) is 18.3. The summed E-state index contributed by atoms with van der Waals surface area (Å²) in [7, 11) is 0. The highest BCUT2D eigenvalue weighted by molar-refractivity contribution is 5.91. The fraction of sp³-hybridized carbons (Fsp3) is 0.0851. The maximum Gasteiger partial charge on any atom is 0.0706 e. The van der Waals surface area contributed by atoms with Gasteiger partial charge in [0.05, 0.1) is 28.5 Å². The second kappa shape index (κ2) is 14.0. The van der Waals surface area contributed by atoms with E-state index in [0.717, 1.165) is 68.1 Å². The van der Waals surface area contributed by atoms with Crippen molar-refractivity contribution in [1.29, 1.82) is 0 Å². The first kappa shape index (κ1) is 33.6. The summed E-state index contributed by atoms with van der Waals surface area (Å²) >= 11 is 0. The minimum Gasteiger partial charge on any atom is -0.310 e. The van der Waals surface area contributed by atoms with Gasteiger partial charge in [0.25, 0.3) is 0 Å². The highest BCUT2D eigenvalue weighted by atomic mass is 15.2. The molecule has 1 aliphatic rings. The van der Waals surface area contributed by atoms with Crippen molar-refractivity contribution in [2.45, 2.75) is 26.2 Å².